The maximum Gasteiger partial charge on any atom is 0.573 e. The topological polar surface area (TPSA) is 52.0 Å². The molecular formula is C16H11F3N4OS. The zero-order valence-corrected chi connectivity index (χ0v) is 13.4. The van der Waals surface area contributed by atoms with Gasteiger partial charge in [0.25, 0.3) is 0 Å². The van der Waals surface area contributed by atoms with Gasteiger partial charge in [0.1, 0.15) is 12.1 Å². The lowest BCUT2D eigenvalue weighted by atomic mass is 10.2. The number of thiocarbonyl (C=S) groups is 1. The van der Waals surface area contributed by atoms with Crippen molar-refractivity contribution in [1.82, 2.24) is 14.8 Å². The summed E-state index contributed by atoms with van der Waals surface area (Å²) in [6.07, 6.45) is -3.23. The molecule has 5 nitrogen and oxygen atoms in total. The molecule has 3 rings (SSSR count). The molecule has 0 unspecified atom stereocenters. The van der Waals surface area contributed by atoms with E-state index in [-0.39, 0.29) is 5.75 Å². The van der Waals surface area contributed by atoms with Gasteiger partial charge in [0, 0.05) is 11.3 Å². The molecule has 0 aliphatic heterocycles. The third-order valence-corrected chi connectivity index (χ3v) is 3.31. The van der Waals surface area contributed by atoms with E-state index < -0.39 is 6.36 Å². The SMILES string of the molecule is FC(F)(F)Oc1ccc(-n2cnc(-c3ccc(NC=S)cc3)n2)cc1. The fraction of sp³-hybridized carbons (Fsp3) is 0.0625. The molecule has 3 aromatic rings. The van der Waals surface area contributed by atoms with E-state index in [4.69, 9.17) is 12.2 Å². The van der Waals surface area contributed by atoms with Crippen LogP contribution in [0.3, 0.4) is 0 Å². The van der Waals surface area contributed by atoms with Gasteiger partial charge < -0.3 is 10.1 Å². The van der Waals surface area contributed by atoms with Crippen molar-refractivity contribution in [3.05, 3.63) is 54.9 Å². The first-order valence-electron chi connectivity index (χ1n) is 7.03. The fourth-order valence-electron chi connectivity index (χ4n) is 2.10. The average molecular weight is 364 g/mol. The highest BCUT2D eigenvalue weighted by Crippen LogP contribution is 2.24. The van der Waals surface area contributed by atoms with Crippen LogP contribution < -0.4 is 10.1 Å². The van der Waals surface area contributed by atoms with Crippen LogP contribution in [0, 0.1) is 0 Å². The number of benzene rings is 2. The highest BCUT2D eigenvalue weighted by atomic mass is 32.1. The molecule has 9 heteroatoms. The quantitative estimate of drug-likeness (QED) is 0.688. The summed E-state index contributed by atoms with van der Waals surface area (Å²) < 4.78 is 41.8. The number of alkyl halides is 3. The summed E-state index contributed by atoms with van der Waals surface area (Å²) in [5.74, 6) is 0.197. The number of hydrogen-bond acceptors (Lipinski definition) is 4. The van der Waals surface area contributed by atoms with Crippen LogP contribution in [0.4, 0.5) is 18.9 Å². The van der Waals surface area contributed by atoms with Gasteiger partial charge in [-0.05, 0) is 48.5 Å². The van der Waals surface area contributed by atoms with Crippen LogP contribution in [-0.2, 0) is 0 Å². The Kier molecular flexibility index (Phi) is 4.66. The summed E-state index contributed by atoms with van der Waals surface area (Å²) in [5.41, 5.74) is 3.62. The van der Waals surface area contributed by atoms with E-state index in [1.165, 1.54) is 40.8 Å². The summed E-state index contributed by atoms with van der Waals surface area (Å²) in [4.78, 5) is 4.21. The van der Waals surface area contributed by atoms with Crippen LogP contribution in [-0.4, -0.2) is 26.6 Å². The predicted octanol–water partition coefficient (Wildman–Crippen LogP) is 4.20. The number of hydrogen-bond donors (Lipinski definition) is 1. The monoisotopic (exact) mass is 364 g/mol. The van der Waals surface area contributed by atoms with Crippen molar-refractivity contribution >= 4 is 23.4 Å². The first-order valence-corrected chi connectivity index (χ1v) is 7.50. The number of halogens is 3. The molecule has 0 radical (unpaired) electrons. The third-order valence-electron chi connectivity index (χ3n) is 3.20. The second-order valence-corrected chi connectivity index (χ2v) is 5.13. The largest absolute Gasteiger partial charge is 0.573 e. The van der Waals surface area contributed by atoms with E-state index in [0.717, 1.165) is 11.3 Å². The van der Waals surface area contributed by atoms with E-state index in [0.29, 0.717) is 11.5 Å². The molecule has 0 aliphatic rings. The normalized spacial score (nSPS) is 11.2. The molecule has 128 valence electrons. The molecule has 0 aliphatic carbocycles. The fourth-order valence-corrected chi connectivity index (χ4v) is 2.24. The number of anilines is 1. The Morgan fingerprint density at radius 3 is 2.32 bits per heavy atom. The van der Waals surface area contributed by atoms with Gasteiger partial charge in [-0.1, -0.05) is 12.2 Å². The van der Waals surface area contributed by atoms with Gasteiger partial charge in [-0.2, -0.15) is 0 Å². The molecule has 1 heterocycles. The van der Waals surface area contributed by atoms with Gasteiger partial charge in [0.15, 0.2) is 5.82 Å². The third kappa shape index (κ3) is 4.32. The van der Waals surface area contributed by atoms with Gasteiger partial charge >= 0.3 is 6.36 Å². The second-order valence-electron chi connectivity index (χ2n) is 4.89. The molecule has 0 bridgehead atoms. The molecule has 0 spiro atoms. The summed E-state index contributed by atoms with van der Waals surface area (Å²) >= 11 is 4.72. The standard InChI is InChI=1S/C16H11F3N4OS/c17-16(18,19)24-14-7-5-13(6-8-14)23-9-20-15(22-23)11-1-3-12(4-2-11)21-10-25/h1-10H,(H,21,25). The lowest BCUT2D eigenvalue weighted by Crippen LogP contribution is -2.17. The van der Waals surface area contributed by atoms with Crippen molar-refractivity contribution < 1.29 is 17.9 Å². The van der Waals surface area contributed by atoms with Crippen molar-refractivity contribution in [2.45, 2.75) is 6.36 Å². The summed E-state index contributed by atoms with van der Waals surface area (Å²) in [6.45, 7) is 0. The lowest BCUT2D eigenvalue weighted by Gasteiger charge is -2.09. The first-order chi connectivity index (χ1) is 11.9. The van der Waals surface area contributed by atoms with Gasteiger partial charge in [0.2, 0.25) is 0 Å². The number of nitrogens with one attached hydrogen (secondary N) is 1. The Hall–Kier alpha value is -2.94. The molecule has 0 saturated carbocycles. The van der Waals surface area contributed by atoms with E-state index in [1.807, 2.05) is 24.3 Å². The summed E-state index contributed by atoms with van der Waals surface area (Å²) in [5, 5.41) is 7.21. The van der Waals surface area contributed by atoms with Crippen LogP contribution in [0.1, 0.15) is 0 Å². The van der Waals surface area contributed by atoms with Crippen LogP contribution in [0.2, 0.25) is 0 Å². The minimum absolute atomic E-state index is 0.293. The van der Waals surface area contributed by atoms with Gasteiger partial charge in [0.05, 0.1) is 11.2 Å². The number of aromatic nitrogens is 3. The van der Waals surface area contributed by atoms with Crippen LogP contribution in [0.5, 0.6) is 5.75 Å². The minimum atomic E-state index is -4.72. The van der Waals surface area contributed by atoms with Crippen LogP contribution in [0.25, 0.3) is 17.1 Å². The molecule has 0 atom stereocenters. The smallest absolute Gasteiger partial charge is 0.406 e. The van der Waals surface area contributed by atoms with Crippen molar-refractivity contribution in [1.29, 1.82) is 0 Å². The molecular weight excluding hydrogens is 353 g/mol. The molecule has 1 aromatic heterocycles. The zero-order valence-electron chi connectivity index (χ0n) is 12.6. The van der Waals surface area contributed by atoms with Gasteiger partial charge in [-0.3, -0.25) is 0 Å². The van der Waals surface area contributed by atoms with Crippen LogP contribution >= 0.6 is 12.2 Å². The van der Waals surface area contributed by atoms with Gasteiger partial charge in [-0.25, -0.2) is 9.67 Å². The maximum absolute atomic E-state index is 12.2. The lowest BCUT2D eigenvalue weighted by molar-refractivity contribution is -0.274. The average Bonchev–Trinajstić information content (AvgIpc) is 3.05. The van der Waals surface area contributed by atoms with Crippen molar-refractivity contribution in [2.24, 2.45) is 0 Å². The first kappa shape index (κ1) is 16.9. The van der Waals surface area contributed by atoms with Gasteiger partial charge in [-0.15, -0.1) is 18.3 Å². The zero-order chi connectivity index (χ0) is 17.9. The molecule has 0 amide bonds. The number of rotatable bonds is 5. The molecule has 0 saturated heterocycles. The van der Waals surface area contributed by atoms with Crippen molar-refractivity contribution in [2.75, 3.05) is 5.32 Å². The molecule has 2 aromatic carbocycles. The number of nitrogens with zero attached hydrogens (tertiary/aromatic N) is 3. The molecule has 1 N–H and O–H groups in total. The number of ether oxygens (including phenoxy) is 1. The summed E-state index contributed by atoms with van der Waals surface area (Å²) in [6, 6.07) is 12.7. The van der Waals surface area contributed by atoms with E-state index in [9.17, 15) is 13.2 Å². The Morgan fingerprint density at radius 1 is 1.04 bits per heavy atom. The van der Waals surface area contributed by atoms with E-state index in [1.54, 1.807) is 0 Å². The highest BCUT2D eigenvalue weighted by Gasteiger charge is 2.30. The minimum Gasteiger partial charge on any atom is -0.406 e. The van der Waals surface area contributed by atoms with E-state index >= 15 is 0 Å². The van der Waals surface area contributed by atoms with Crippen molar-refractivity contribution in [3.8, 4) is 22.8 Å². The Labute approximate surface area is 146 Å². The molecule has 25 heavy (non-hydrogen) atoms. The predicted molar refractivity (Wildman–Crippen MR) is 90.8 cm³/mol. The second kappa shape index (κ2) is 6.89. The summed E-state index contributed by atoms with van der Waals surface area (Å²) in [7, 11) is 0. The Bertz CT molecular complexity index is 860. The van der Waals surface area contributed by atoms with Crippen molar-refractivity contribution in [3.63, 3.8) is 0 Å². The van der Waals surface area contributed by atoms with Crippen LogP contribution in [0.15, 0.2) is 54.9 Å². The maximum atomic E-state index is 12.2. The Morgan fingerprint density at radius 2 is 1.72 bits per heavy atom. The van der Waals surface area contributed by atoms with E-state index in [2.05, 4.69) is 20.1 Å². The highest BCUT2D eigenvalue weighted by molar-refractivity contribution is 7.79. The molecule has 0 fully saturated rings. The Balaban J connectivity index is 1.77.